The molecule has 0 aliphatic heterocycles. The van der Waals surface area contributed by atoms with Crippen LogP contribution in [-0.4, -0.2) is 5.97 Å². The highest BCUT2D eigenvalue weighted by Gasteiger charge is 2.14. The van der Waals surface area contributed by atoms with Crippen LogP contribution in [0.15, 0.2) is 42.5 Å². The molecule has 0 amide bonds. The van der Waals surface area contributed by atoms with Gasteiger partial charge in [-0.25, -0.2) is 13.6 Å². The van der Waals surface area contributed by atoms with E-state index < -0.39 is 17.6 Å². The first-order chi connectivity index (χ1) is 9.08. The number of esters is 1. The Hall–Kier alpha value is -2.43. The van der Waals surface area contributed by atoms with E-state index in [-0.39, 0.29) is 23.4 Å². The maximum absolute atomic E-state index is 13.4. The Morgan fingerprint density at radius 3 is 2.58 bits per heavy atom. The lowest BCUT2D eigenvalue weighted by Crippen LogP contribution is -2.09. The Labute approximate surface area is 108 Å². The van der Waals surface area contributed by atoms with Gasteiger partial charge in [0.1, 0.15) is 18.2 Å². The second-order valence-electron chi connectivity index (χ2n) is 3.91. The highest BCUT2D eigenvalue weighted by molar-refractivity contribution is 5.90. The molecule has 0 atom stereocenters. The van der Waals surface area contributed by atoms with Gasteiger partial charge < -0.3 is 10.5 Å². The average molecular weight is 263 g/mol. The van der Waals surface area contributed by atoms with E-state index in [0.29, 0.717) is 0 Å². The van der Waals surface area contributed by atoms with Gasteiger partial charge in [-0.15, -0.1) is 0 Å². The molecule has 5 heteroatoms. The summed E-state index contributed by atoms with van der Waals surface area (Å²) < 4.78 is 31.6. The van der Waals surface area contributed by atoms with E-state index >= 15 is 0 Å². The molecular formula is C14H11F2NO2. The first kappa shape index (κ1) is 13.0. The van der Waals surface area contributed by atoms with E-state index in [2.05, 4.69) is 0 Å². The third-order valence-electron chi connectivity index (χ3n) is 2.53. The molecule has 3 nitrogen and oxygen atoms in total. The fourth-order valence-electron chi connectivity index (χ4n) is 1.54. The molecule has 0 saturated carbocycles. The van der Waals surface area contributed by atoms with Crippen LogP contribution in [0.4, 0.5) is 14.5 Å². The molecule has 0 aliphatic carbocycles. The predicted molar refractivity (Wildman–Crippen MR) is 66.3 cm³/mol. The fourth-order valence-corrected chi connectivity index (χ4v) is 1.54. The molecule has 0 heterocycles. The van der Waals surface area contributed by atoms with Crippen LogP contribution in [-0.2, 0) is 11.3 Å². The lowest BCUT2D eigenvalue weighted by atomic mass is 10.2. The van der Waals surface area contributed by atoms with Crippen LogP contribution in [0.5, 0.6) is 0 Å². The van der Waals surface area contributed by atoms with Crippen molar-refractivity contribution in [2.24, 2.45) is 0 Å². The summed E-state index contributed by atoms with van der Waals surface area (Å²) in [5.74, 6) is -2.09. The fraction of sp³-hybridized carbons (Fsp3) is 0.0714. The number of carbonyl (C=O) groups excluding carboxylic acids is 1. The lowest BCUT2D eigenvalue weighted by Gasteiger charge is -2.07. The Balaban J connectivity index is 2.10. The molecule has 0 spiro atoms. The van der Waals surface area contributed by atoms with Crippen molar-refractivity contribution >= 4 is 11.7 Å². The van der Waals surface area contributed by atoms with E-state index in [0.717, 1.165) is 6.07 Å². The average Bonchev–Trinajstić information content (AvgIpc) is 2.40. The maximum Gasteiger partial charge on any atom is 0.341 e. The summed E-state index contributed by atoms with van der Waals surface area (Å²) in [6.07, 6.45) is 0. The predicted octanol–water partition coefficient (Wildman–Crippen LogP) is 2.90. The summed E-state index contributed by atoms with van der Waals surface area (Å²) >= 11 is 0. The quantitative estimate of drug-likeness (QED) is 0.684. The topological polar surface area (TPSA) is 52.3 Å². The number of nitrogens with two attached hydrogens (primary N) is 1. The number of hydrogen-bond donors (Lipinski definition) is 1. The van der Waals surface area contributed by atoms with Crippen molar-refractivity contribution in [2.75, 3.05) is 5.73 Å². The normalized spacial score (nSPS) is 10.2. The van der Waals surface area contributed by atoms with Crippen LogP contribution in [0.1, 0.15) is 15.9 Å². The Kier molecular flexibility index (Phi) is 3.75. The number of benzene rings is 2. The van der Waals surface area contributed by atoms with Gasteiger partial charge in [-0.2, -0.15) is 0 Å². The number of halogens is 2. The summed E-state index contributed by atoms with van der Waals surface area (Å²) in [7, 11) is 0. The molecule has 0 aromatic heterocycles. The Morgan fingerprint density at radius 1 is 1.11 bits per heavy atom. The van der Waals surface area contributed by atoms with E-state index in [1.165, 1.54) is 30.3 Å². The molecular weight excluding hydrogens is 252 g/mol. The SMILES string of the molecule is Nc1ccc(F)c(C(=O)OCc2ccccc2F)c1. The largest absolute Gasteiger partial charge is 0.457 e. The van der Waals surface area contributed by atoms with Gasteiger partial charge in [0.15, 0.2) is 0 Å². The molecule has 0 bridgehead atoms. The van der Waals surface area contributed by atoms with E-state index in [1.807, 2.05) is 0 Å². The van der Waals surface area contributed by atoms with Gasteiger partial charge in [-0.3, -0.25) is 0 Å². The summed E-state index contributed by atoms with van der Waals surface area (Å²) in [5.41, 5.74) is 5.67. The van der Waals surface area contributed by atoms with E-state index in [4.69, 9.17) is 10.5 Å². The first-order valence-electron chi connectivity index (χ1n) is 5.53. The molecule has 2 aromatic carbocycles. The van der Waals surface area contributed by atoms with Crippen molar-refractivity contribution in [3.05, 3.63) is 65.2 Å². The molecule has 0 radical (unpaired) electrons. The standard InChI is InChI=1S/C14H11F2NO2/c15-12-4-2-1-3-9(12)8-19-14(18)11-7-10(17)5-6-13(11)16/h1-7H,8,17H2. The summed E-state index contributed by atoms with van der Waals surface area (Å²) in [5, 5.41) is 0. The van der Waals surface area contributed by atoms with Gasteiger partial charge in [0.2, 0.25) is 0 Å². The number of hydrogen-bond acceptors (Lipinski definition) is 3. The second-order valence-corrected chi connectivity index (χ2v) is 3.91. The van der Waals surface area contributed by atoms with Crippen molar-refractivity contribution in [1.82, 2.24) is 0 Å². The molecule has 2 rings (SSSR count). The Bertz CT molecular complexity index is 614. The van der Waals surface area contributed by atoms with Gasteiger partial charge in [0.05, 0.1) is 5.56 Å². The molecule has 0 fully saturated rings. The molecule has 98 valence electrons. The minimum absolute atomic E-state index is 0.222. The van der Waals surface area contributed by atoms with Crippen LogP contribution >= 0.6 is 0 Å². The molecule has 2 N–H and O–H groups in total. The van der Waals surface area contributed by atoms with E-state index in [9.17, 15) is 13.6 Å². The highest BCUT2D eigenvalue weighted by atomic mass is 19.1. The van der Waals surface area contributed by atoms with Gasteiger partial charge in [0, 0.05) is 11.3 Å². The molecule has 0 aliphatic rings. The van der Waals surface area contributed by atoms with Gasteiger partial charge in [0.25, 0.3) is 0 Å². The van der Waals surface area contributed by atoms with Gasteiger partial charge in [-0.05, 0) is 24.3 Å². The van der Waals surface area contributed by atoms with Crippen LogP contribution < -0.4 is 5.73 Å². The third kappa shape index (κ3) is 3.07. The zero-order chi connectivity index (χ0) is 13.8. The van der Waals surface area contributed by atoms with Crippen molar-refractivity contribution in [2.45, 2.75) is 6.61 Å². The van der Waals surface area contributed by atoms with Crippen molar-refractivity contribution in [3.63, 3.8) is 0 Å². The molecule has 0 saturated heterocycles. The van der Waals surface area contributed by atoms with Crippen LogP contribution in [0.3, 0.4) is 0 Å². The van der Waals surface area contributed by atoms with Crippen LogP contribution in [0.25, 0.3) is 0 Å². The number of rotatable bonds is 3. The summed E-state index contributed by atoms with van der Waals surface area (Å²) in [6, 6.07) is 9.48. The zero-order valence-corrected chi connectivity index (χ0v) is 9.90. The van der Waals surface area contributed by atoms with Crippen LogP contribution in [0, 0.1) is 11.6 Å². The van der Waals surface area contributed by atoms with Gasteiger partial charge >= 0.3 is 5.97 Å². The number of carbonyl (C=O) groups is 1. The highest BCUT2D eigenvalue weighted by Crippen LogP contribution is 2.15. The monoisotopic (exact) mass is 263 g/mol. The van der Waals surface area contributed by atoms with E-state index in [1.54, 1.807) is 6.07 Å². The Morgan fingerprint density at radius 2 is 1.84 bits per heavy atom. The maximum atomic E-state index is 13.4. The van der Waals surface area contributed by atoms with Crippen molar-refractivity contribution < 1.29 is 18.3 Å². The second kappa shape index (κ2) is 5.48. The smallest absolute Gasteiger partial charge is 0.341 e. The van der Waals surface area contributed by atoms with Gasteiger partial charge in [-0.1, -0.05) is 18.2 Å². The minimum Gasteiger partial charge on any atom is -0.457 e. The zero-order valence-electron chi connectivity index (χ0n) is 9.90. The number of nitrogen functional groups attached to an aromatic ring is 1. The van der Waals surface area contributed by atoms with Crippen molar-refractivity contribution in [3.8, 4) is 0 Å². The molecule has 0 unspecified atom stereocenters. The molecule has 2 aromatic rings. The molecule has 19 heavy (non-hydrogen) atoms. The van der Waals surface area contributed by atoms with Crippen LogP contribution in [0.2, 0.25) is 0 Å². The van der Waals surface area contributed by atoms with Crippen molar-refractivity contribution in [1.29, 1.82) is 0 Å². The first-order valence-corrected chi connectivity index (χ1v) is 5.53. The third-order valence-corrected chi connectivity index (χ3v) is 2.53. The lowest BCUT2D eigenvalue weighted by molar-refractivity contribution is 0.0463. The summed E-state index contributed by atoms with van der Waals surface area (Å²) in [6.45, 7) is -0.264. The number of ether oxygens (including phenoxy) is 1. The number of anilines is 1. The summed E-state index contributed by atoms with van der Waals surface area (Å²) in [4.78, 5) is 11.7. The minimum atomic E-state index is -0.881.